The summed E-state index contributed by atoms with van der Waals surface area (Å²) in [6, 6.07) is 6.54. The molecule has 0 spiro atoms. The molecule has 1 aromatic heterocycles. The molecule has 0 aliphatic heterocycles. The van der Waals surface area contributed by atoms with Crippen LogP contribution in [0.25, 0.3) is 0 Å². The molecule has 0 aliphatic rings. The van der Waals surface area contributed by atoms with Crippen molar-refractivity contribution in [3.63, 3.8) is 0 Å². The summed E-state index contributed by atoms with van der Waals surface area (Å²) >= 11 is 0. The van der Waals surface area contributed by atoms with Gasteiger partial charge in [0, 0.05) is 5.69 Å². The Balaban J connectivity index is 1.97. The van der Waals surface area contributed by atoms with Crippen molar-refractivity contribution in [2.24, 2.45) is 0 Å². The number of aliphatic hydroxyl groups excluding tert-OH is 2. The average Bonchev–Trinajstić information content (AvgIpc) is 2.69. The van der Waals surface area contributed by atoms with Crippen molar-refractivity contribution in [1.29, 1.82) is 0 Å². The standard InChI is InChI=1S/C19H17F3N4O3/c1-10-2-3-12(16(28)9-27)6-15(10)24-19-25-17(29)7-23-26(19)8-11-4-13(20)18(22)14(21)5-11/h2-7,16,27-28H,8-9H2,1H3,(H,24,25,29). The summed E-state index contributed by atoms with van der Waals surface area (Å²) in [6.45, 7) is 1.10. The lowest BCUT2D eigenvalue weighted by Gasteiger charge is -2.16. The highest BCUT2D eigenvalue weighted by Gasteiger charge is 2.14. The fourth-order valence-electron chi connectivity index (χ4n) is 2.65. The van der Waals surface area contributed by atoms with Crippen molar-refractivity contribution in [2.45, 2.75) is 19.6 Å². The minimum atomic E-state index is -1.58. The molecule has 3 N–H and O–H groups in total. The fraction of sp³-hybridized carbons (Fsp3) is 0.211. The molecule has 1 heterocycles. The van der Waals surface area contributed by atoms with E-state index < -0.39 is 35.7 Å². The number of halogens is 3. The number of nitrogens with zero attached hydrogens (tertiary/aromatic N) is 3. The highest BCUT2D eigenvalue weighted by molar-refractivity contribution is 5.59. The highest BCUT2D eigenvalue weighted by Crippen LogP contribution is 2.24. The van der Waals surface area contributed by atoms with E-state index in [1.54, 1.807) is 25.1 Å². The van der Waals surface area contributed by atoms with Crippen molar-refractivity contribution < 1.29 is 23.4 Å². The van der Waals surface area contributed by atoms with Gasteiger partial charge in [0.25, 0.3) is 5.56 Å². The van der Waals surface area contributed by atoms with E-state index in [9.17, 15) is 23.1 Å². The van der Waals surface area contributed by atoms with Crippen molar-refractivity contribution in [2.75, 3.05) is 11.9 Å². The second kappa shape index (κ2) is 8.41. The molecule has 3 aromatic rings. The normalized spacial score (nSPS) is 12.1. The topological polar surface area (TPSA) is 100 Å². The Bertz CT molecular complexity index is 1080. The van der Waals surface area contributed by atoms with Gasteiger partial charge in [-0.1, -0.05) is 12.1 Å². The zero-order chi connectivity index (χ0) is 21.1. The number of aliphatic hydroxyl groups is 2. The third kappa shape index (κ3) is 4.61. The molecule has 2 aromatic carbocycles. The number of nitrogens with one attached hydrogen (secondary N) is 1. The number of aromatic nitrogens is 3. The quantitative estimate of drug-likeness (QED) is 0.543. The molecule has 10 heteroatoms. The van der Waals surface area contributed by atoms with E-state index in [2.05, 4.69) is 15.4 Å². The molecule has 152 valence electrons. The van der Waals surface area contributed by atoms with Gasteiger partial charge in [-0.15, -0.1) is 0 Å². The lowest BCUT2D eigenvalue weighted by molar-refractivity contribution is 0.0956. The molecule has 0 aliphatic carbocycles. The van der Waals surface area contributed by atoms with Crippen LogP contribution in [0.3, 0.4) is 0 Å². The summed E-state index contributed by atoms with van der Waals surface area (Å²) in [7, 11) is 0. The molecule has 7 nitrogen and oxygen atoms in total. The van der Waals surface area contributed by atoms with Crippen LogP contribution in [0.4, 0.5) is 24.8 Å². The molecule has 0 radical (unpaired) electrons. The third-order valence-electron chi connectivity index (χ3n) is 4.21. The van der Waals surface area contributed by atoms with E-state index in [1.165, 1.54) is 4.68 Å². The number of hydrogen-bond acceptors (Lipinski definition) is 6. The summed E-state index contributed by atoms with van der Waals surface area (Å²) in [6.07, 6.45) is -0.161. The van der Waals surface area contributed by atoms with Gasteiger partial charge in [-0.2, -0.15) is 10.1 Å². The van der Waals surface area contributed by atoms with Crippen LogP contribution in [0.15, 0.2) is 41.3 Å². The van der Waals surface area contributed by atoms with Crippen LogP contribution in [0.5, 0.6) is 0 Å². The molecular formula is C19H17F3N4O3. The molecular weight excluding hydrogens is 389 g/mol. The number of rotatable bonds is 6. The summed E-state index contributed by atoms with van der Waals surface area (Å²) < 4.78 is 41.3. The Morgan fingerprint density at radius 1 is 1.17 bits per heavy atom. The maximum atomic E-state index is 13.5. The van der Waals surface area contributed by atoms with E-state index in [0.717, 1.165) is 23.9 Å². The highest BCUT2D eigenvalue weighted by atomic mass is 19.2. The van der Waals surface area contributed by atoms with Gasteiger partial charge in [0.1, 0.15) is 12.3 Å². The smallest absolute Gasteiger partial charge is 0.293 e. The number of anilines is 2. The Morgan fingerprint density at radius 2 is 1.86 bits per heavy atom. The van der Waals surface area contributed by atoms with Crippen molar-refractivity contribution in [3.05, 3.63) is 81.0 Å². The van der Waals surface area contributed by atoms with Gasteiger partial charge < -0.3 is 15.5 Å². The molecule has 0 amide bonds. The fourth-order valence-corrected chi connectivity index (χ4v) is 2.65. The Hall–Kier alpha value is -3.24. The first-order valence-electron chi connectivity index (χ1n) is 8.52. The van der Waals surface area contributed by atoms with Crippen LogP contribution in [-0.4, -0.2) is 31.6 Å². The van der Waals surface area contributed by atoms with Gasteiger partial charge in [-0.05, 0) is 41.8 Å². The van der Waals surface area contributed by atoms with Crippen LogP contribution in [0, 0.1) is 24.4 Å². The maximum absolute atomic E-state index is 13.5. The Labute approximate surface area is 163 Å². The van der Waals surface area contributed by atoms with Crippen LogP contribution < -0.4 is 10.9 Å². The van der Waals surface area contributed by atoms with Crippen LogP contribution >= 0.6 is 0 Å². The molecule has 3 rings (SSSR count). The average molecular weight is 406 g/mol. The van der Waals surface area contributed by atoms with Crippen LogP contribution in [0.2, 0.25) is 0 Å². The zero-order valence-electron chi connectivity index (χ0n) is 15.2. The molecule has 0 fully saturated rings. The minimum Gasteiger partial charge on any atom is -0.393 e. The lowest BCUT2D eigenvalue weighted by atomic mass is 10.1. The molecule has 0 saturated heterocycles. The van der Waals surface area contributed by atoms with E-state index >= 15 is 0 Å². The lowest BCUT2D eigenvalue weighted by Crippen LogP contribution is -2.20. The van der Waals surface area contributed by atoms with Crippen molar-refractivity contribution in [3.8, 4) is 0 Å². The van der Waals surface area contributed by atoms with Crippen molar-refractivity contribution in [1.82, 2.24) is 14.8 Å². The van der Waals surface area contributed by atoms with Gasteiger partial charge >= 0.3 is 0 Å². The molecule has 0 bridgehead atoms. The van der Waals surface area contributed by atoms with Gasteiger partial charge in [0.05, 0.1) is 13.2 Å². The maximum Gasteiger partial charge on any atom is 0.293 e. The first-order valence-corrected chi connectivity index (χ1v) is 8.52. The zero-order valence-corrected chi connectivity index (χ0v) is 15.2. The first-order chi connectivity index (χ1) is 13.8. The molecule has 1 atom stereocenters. The van der Waals surface area contributed by atoms with Crippen LogP contribution in [0.1, 0.15) is 22.8 Å². The monoisotopic (exact) mass is 406 g/mol. The number of aryl methyl sites for hydroxylation is 1. The minimum absolute atomic E-state index is 0.0265. The molecule has 29 heavy (non-hydrogen) atoms. The Morgan fingerprint density at radius 3 is 2.52 bits per heavy atom. The summed E-state index contributed by atoms with van der Waals surface area (Å²) in [5.41, 5.74) is 1.07. The van der Waals surface area contributed by atoms with Gasteiger partial charge in [0.2, 0.25) is 5.95 Å². The van der Waals surface area contributed by atoms with E-state index in [4.69, 9.17) is 5.11 Å². The Kier molecular flexibility index (Phi) is 5.95. The van der Waals surface area contributed by atoms with E-state index in [0.29, 0.717) is 11.3 Å². The second-order valence-corrected chi connectivity index (χ2v) is 6.35. The first kappa shape index (κ1) is 20.5. The van der Waals surface area contributed by atoms with Gasteiger partial charge in [-0.3, -0.25) is 4.79 Å². The number of benzene rings is 2. The number of hydrogen-bond donors (Lipinski definition) is 3. The van der Waals surface area contributed by atoms with Gasteiger partial charge in [0.15, 0.2) is 17.5 Å². The van der Waals surface area contributed by atoms with Gasteiger partial charge in [-0.25, -0.2) is 17.9 Å². The van der Waals surface area contributed by atoms with E-state index in [1.807, 2.05) is 0 Å². The van der Waals surface area contributed by atoms with Crippen LogP contribution in [-0.2, 0) is 6.54 Å². The largest absolute Gasteiger partial charge is 0.393 e. The predicted octanol–water partition coefficient (Wildman–Crippen LogP) is 2.18. The summed E-state index contributed by atoms with van der Waals surface area (Å²) in [5, 5.41) is 25.7. The third-order valence-corrected chi connectivity index (χ3v) is 4.21. The SMILES string of the molecule is Cc1ccc(C(O)CO)cc1Nc1nc(=O)cnn1Cc1cc(F)c(F)c(F)c1. The molecule has 1 unspecified atom stereocenters. The summed E-state index contributed by atoms with van der Waals surface area (Å²) in [4.78, 5) is 15.5. The predicted molar refractivity (Wildman–Crippen MR) is 98.2 cm³/mol. The summed E-state index contributed by atoms with van der Waals surface area (Å²) in [5.74, 6) is -4.29. The second-order valence-electron chi connectivity index (χ2n) is 6.35. The van der Waals surface area contributed by atoms with E-state index in [-0.39, 0.29) is 18.1 Å². The van der Waals surface area contributed by atoms with Crippen molar-refractivity contribution >= 4 is 11.6 Å². The molecule has 0 saturated carbocycles.